The maximum Gasteiger partial charge on any atom is 0.416 e. The van der Waals surface area contributed by atoms with Gasteiger partial charge in [-0.1, -0.05) is 17.3 Å². The average Bonchev–Trinajstić information content (AvgIpc) is 3.40. The maximum atomic E-state index is 14.3. The number of alkyl halides is 9. The standard InChI is InChI=1S/C25H18F9N3O5S/c1-43(40,41)8-17(38)37-9-22(10-37)16-3-2-11(6-15(16)21(39)35-22)19-18(25(32,33)34)20(42-36-19)12-4-13(23(26,27)28)7-14(5-12)24(29,30)31/h2-7,18,20H,8-10H2,1H3,(H,35,39). The first-order valence-electron chi connectivity index (χ1n) is 12.1. The van der Waals surface area contributed by atoms with Crippen LogP contribution in [0.15, 0.2) is 41.6 Å². The second kappa shape index (κ2) is 9.59. The van der Waals surface area contributed by atoms with Crippen LogP contribution in [-0.2, 0) is 37.4 Å². The van der Waals surface area contributed by atoms with Crippen LogP contribution in [0, 0.1) is 5.92 Å². The van der Waals surface area contributed by atoms with Crippen molar-refractivity contribution >= 4 is 27.4 Å². The van der Waals surface area contributed by atoms with Crippen molar-refractivity contribution in [3.63, 3.8) is 0 Å². The fraction of sp³-hybridized carbons (Fsp3) is 0.400. The number of nitrogens with zero attached hydrogens (tertiary/aromatic N) is 2. The molecule has 3 aliphatic heterocycles. The third-order valence-corrected chi connectivity index (χ3v) is 8.01. The van der Waals surface area contributed by atoms with Crippen molar-refractivity contribution in [2.45, 2.75) is 30.2 Å². The molecule has 18 heteroatoms. The normalized spacial score (nSPS) is 21.7. The number of sulfone groups is 1. The number of hydrogen-bond acceptors (Lipinski definition) is 6. The molecule has 2 aromatic carbocycles. The van der Waals surface area contributed by atoms with Crippen LogP contribution in [0.25, 0.3) is 0 Å². The molecule has 0 aliphatic carbocycles. The lowest BCUT2D eigenvalue weighted by atomic mass is 9.81. The van der Waals surface area contributed by atoms with E-state index in [-0.39, 0.29) is 48.0 Å². The van der Waals surface area contributed by atoms with Crippen LogP contribution in [0.1, 0.15) is 44.3 Å². The number of likely N-dealkylation sites (tertiary alicyclic amines) is 1. The van der Waals surface area contributed by atoms with E-state index in [2.05, 4.69) is 10.5 Å². The molecule has 2 unspecified atom stereocenters. The molecule has 5 rings (SSSR count). The van der Waals surface area contributed by atoms with Crippen LogP contribution >= 0.6 is 0 Å². The third-order valence-electron chi connectivity index (χ3n) is 7.24. The summed E-state index contributed by atoms with van der Waals surface area (Å²) >= 11 is 0. The largest absolute Gasteiger partial charge is 0.416 e. The van der Waals surface area contributed by atoms with Gasteiger partial charge in [0.1, 0.15) is 22.9 Å². The van der Waals surface area contributed by atoms with Gasteiger partial charge in [-0.15, -0.1) is 0 Å². The molecular formula is C25H18F9N3O5S. The molecule has 2 atom stereocenters. The fourth-order valence-electron chi connectivity index (χ4n) is 5.34. The van der Waals surface area contributed by atoms with Gasteiger partial charge in [0.15, 0.2) is 15.9 Å². The zero-order valence-corrected chi connectivity index (χ0v) is 22.3. The molecule has 1 spiro atoms. The average molecular weight is 643 g/mol. The van der Waals surface area contributed by atoms with E-state index in [0.29, 0.717) is 0 Å². The minimum absolute atomic E-state index is 0.113. The molecular weight excluding hydrogens is 625 g/mol. The van der Waals surface area contributed by atoms with Gasteiger partial charge in [-0.05, 0) is 35.4 Å². The molecule has 0 radical (unpaired) electrons. The number of benzene rings is 2. The van der Waals surface area contributed by atoms with Crippen molar-refractivity contribution in [2.24, 2.45) is 11.1 Å². The second-order valence-electron chi connectivity index (χ2n) is 10.5. The molecule has 3 aliphatic rings. The van der Waals surface area contributed by atoms with E-state index in [1.165, 1.54) is 11.0 Å². The van der Waals surface area contributed by atoms with E-state index < -0.39 is 85.9 Å². The van der Waals surface area contributed by atoms with Gasteiger partial charge in [0, 0.05) is 30.5 Å². The summed E-state index contributed by atoms with van der Waals surface area (Å²) in [6.45, 7) is -0.234. The molecule has 0 bridgehead atoms. The highest BCUT2D eigenvalue weighted by Crippen LogP contribution is 2.48. The Kier molecular flexibility index (Phi) is 6.83. The highest BCUT2D eigenvalue weighted by molar-refractivity contribution is 7.91. The van der Waals surface area contributed by atoms with Crippen molar-refractivity contribution in [3.8, 4) is 0 Å². The van der Waals surface area contributed by atoms with Gasteiger partial charge in [-0.2, -0.15) is 39.5 Å². The highest BCUT2D eigenvalue weighted by atomic mass is 32.2. The van der Waals surface area contributed by atoms with Gasteiger partial charge in [0.25, 0.3) is 5.91 Å². The molecule has 0 aromatic heterocycles. The van der Waals surface area contributed by atoms with Gasteiger partial charge in [-0.3, -0.25) is 9.59 Å². The monoisotopic (exact) mass is 643 g/mol. The summed E-state index contributed by atoms with van der Waals surface area (Å²) in [5.74, 6) is -5.02. The van der Waals surface area contributed by atoms with E-state index in [1.807, 2.05) is 0 Å². The van der Waals surface area contributed by atoms with Gasteiger partial charge in [0.05, 0.1) is 11.1 Å². The quantitative estimate of drug-likeness (QED) is 0.503. The number of amides is 2. The molecule has 1 N–H and O–H groups in total. The topological polar surface area (TPSA) is 105 Å². The number of carbonyl (C=O) groups excluding carboxylic acids is 2. The van der Waals surface area contributed by atoms with Crippen molar-refractivity contribution in [2.75, 3.05) is 25.1 Å². The number of oxime groups is 1. The minimum atomic E-state index is -5.32. The Hall–Kier alpha value is -3.83. The Morgan fingerprint density at radius 1 is 1.00 bits per heavy atom. The Balaban J connectivity index is 1.47. The van der Waals surface area contributed by atoms with Gasteiger partial charge in [0.2, 0.25) is 5.91 Å². The number of rotatable bonds is 4. The summed E-state index contributed by atoms with van der Waals surface area (Å²) in [5.41, 5.74) is -6.89. The Labute approximate surface area is 236 Å². The lowest BCUT2D eigenvalue weighted by Gasteiger charge is -2.48. The highest BCUT2D eigenvalue weighted by Gasteiger charge is 2.56. The van der Waals surface area contributed by atoms with Crippen LogP contribution in [-0.4, -0.2) is 62.1 Å². The lowest BCUT2D eigenvalue weighted by Crippen LogP contribution is -2.67. The number of halogens is 9. The lowest BCUT2D eigenvalue weighted by molar-refractivity contribution is -0.177. The predicted molar refractivity (Wildman–Crippen MR) is 128 cm³/mol. The van der Waals surface area contributed by atoms with Crippen LogP contribution in [0.5, 0.6) is 0 Å². The summed E-state index contributed by atoms with van der Waals surface area (Å²) in [6, 6.07) is 3.45. The molecule has 1 fully saturated rings. The number of nitrogens with one attached hydrogen (secondary N) is 1. The van der Waals surface area contributed by atoms with E-state index in [0.717, 1.165) is 18.4 Å². The first-order valence-corrected chi connectivity index (χ1v) is 14.2. The van der Waals surface area contributed by atoms with Crippen LogP contribution in [0.4, 0.5) is 39.5 Å². The van der Waals surface area contributed by atoms with Crippen molar-refractivity contribution in [1.29, 1.82) is 0 Å². The van der Waals surface area contributed by atoms with Gasteiger partial charge < -0.3 is 15.1 Å². The molecule has 2 amide bonds. The fourth-order valence-corrected chi connectivity index (χ4v) is 5.97. The molecule has 3 heterocycles. The number of hydrogen-bond donors (Lipinski definition) is 1. The third kappa shape index (κ3) is 5.63. The summed E-state index contributed by atoms with van der Waals surface area (Å²) in [6.07, 6.45) is -17.4. The summed E-state index contributed by atoms with van der Waals surface area (Å²) in [7, 11) is -3.63. The summed E-state index contributed by atoms with van der Waals surface area (Å²) in [4.78, 5) is 31.0. The van der Waals surface area contributed by atoms with Gasteiger partial charge >= 0.3 is 18.5 Å². The first-order chi connectivity index (χ1) is 19.6. The van der Waals surface area contributed by atoms with E-state index in [9.17, 15) is 57.5 Å². The first kappa shape index (κ1) is 30.6. The summed E-state index contributed by atoms with van der Waals surface area (Å²) < 4.78 is 146. The van der Waals surface area contributed by atoms with Crippen molar-refractivity contribution < 1.29 is 62.4 Å². The number of carbonyl (C=O) groups is 2. The minimum Gasteiger partial charge on any atom is -0.386 e. The molecule has 2 aromatic rings. The van der Waals surface area contributed by atoms with E-state index >= 15 is 0 Å². The predicted octanol–water partition coefficient (Wildman–Crippen LogP) is 4.20. The molecule has 0 saturated carbocycles. The second-order valence-corrected chi connectivity index (χ2v) is 12.6. The molecule has 43 heavy (non-hydrogen) atoms. The van der Waals surface area contributed by atoms with Crippen molar-refractivity contribution in [3.05, 3.63) is 69.8 Å². The molecule has 232 valence electrons. The van der Waals surface area contributed by atoms with E-state index in [1.54, 1.807) is 0 Å². The Bertz CT molecular complexity index is 1630. The SMILES string of the molecule is CS(=O)(=O)CC(=O)N1CC2(C1)NC(=O)c1cc(C3=NOC(c4cc(C(F)(F)F)cc(C(F)(F)F)c4)C3C(F)(F)F)ccc12. The van der Waals surface area contributed by atoms with Crippen LogP contribution < -0.4 is 5.32 Å². The summed E-state index contributed by atoms with van der Waals surface area (Å²) in [5, 5.41) is 6.00. The van der Waals surface area contributed by atoms with E-state index in [4.69, 9.17) is 4.84 Å². The van der Waals surface area contributed by atoms with Crippen LogP contribution in [0.3, 0.4) is 0 Å². The van der Waals surface area contributed by atoms with Crippen molar-refractivity contribution in [1.82, 2.24) is 10.2 Å². The molecule has 1 saturated heterocycles. The zero-order valence-electron chi connectivity index (χ0n) is 21.5. The molecule has 8 nitrogen and oxygen atoms in total. The maximum absolute atomic E-state index is 14.3. The smallest absolute Gasteiger partial charge is 0.386 e. The number of fused-ring (bicyclic) bond motifs is 2. The zero-order chi connectivity index (χ0) is 31.9. The van der Waals surface area contributed by atoms with Crippen LogP contribution in [0.2, 0.25) is 0 Å². The Morgan fingerprint density at radius 3 is 2.09 bits per heavy atom. The van der Waals surface area contributed by atoms with Gasteiger partial charge in [-0.25, -0.2) is 8.42 Å². The Morgan fingerprint density at radius 2 is 1.58 bits per heavy atom.